The molecule has 0 aromatic carbocycles. The lowest BCUT2D eigenvalue weighted by Gasteiger charge is -2.09. The first-order valence-electron chi connectivity index (χ1n) is 4.46. The summed E-state index contributed by atoms with van der Waals surface area (Å²) < 4.78 is 42.9. The lowest BCUT2D eigenvalue weighted by atomic mass is 10.1. The van der Waals surface area contributed by atoms with Crippen molar-refractivity contribution in [1.29, 1.82) is 0 Å². The fourth-order valence-corrected chi connectivity index (χ4v) is 1.24. The minimum absolute atomic E-state index is 0.121. The lowest BCUT2D eigenvalue weighted by molar-refractivity contribution is -0.139. The maximum Gasteiger partial charge on any atom is 0.310 e. The monoisotopic (exact) mass is 233 g/mol. The Morgan fingerprint density at radius 2 is 2.19 bits per heavy atom. The predicted molar refractivity (Wildman–Crippen MR) is 49.6 cm³/mol. The Hall–Kier alpha value is -1.59. The molecule has 0 aliphatic heterocycles. The number of aromatic nitrogens is 1. The largest absolute Gasteiger partial charge is 0.469 e. The molecule has 0 bridgehead atoms. The molecule has 0 saturated heterocycles. The Labute approximate surface area is 90.2 Å². The summed E-state index contributed by atoms with van der Waals surface area (Å²) in [5.74, 6) is -1.79. The van der Waals surface area contributed by atoms with E-state index in [0.29, 0.717) is 0 Å². The van der Waals surface area contributed by atoms with E-state index < -0.39 is 30.2 Å². The van der Waals surface area contributed by atoms with E-state index in [9.17, 15) is 18.0 Å². The Morgan fingerprint density at radius 1 is 1.56 bits per heavy atom. The average Bonchev–Trinajstić information content (AvgIpc) is 2.23. The molecule has 0 fully saturated rings. The van der Waals surface area contributed by atoms with Crippen LogP contribution in [0.2, 0.25) is 0 Å². The Balaban J connectivity index is 3.18. The van der Waals surface area contributed by atoms with E-state index in [2.05, 4.69) is 9.72 Å². The summed E-state index contributed by atoms with van der Waals surface area (Å²) in [6, 6.07) is 0. The molecule has 1 heterocycles. The maximum absolute atomic E-state index is 13.4. The van der Waals surface area contributed by atoms with Gasteiger partial charge in [0.1, 0.15) is 0 Å². The van der Waals surface area contributed by atoms with Crippen LogP contribution >= 0.6 is 0 Å². The van der Waals surface area contributed by atoms with Gasteiger partial charge in [-0.1, -0.05) is 0 Å². The first-order valence-corrected chi connectivity index (χ1v) is 4.46. The molecule has 3 nitrogen and oxygen atoms in total. The zero-order chi connectivity index (χ0) is 12.3. The van der Waals surface area contributed by atoms with E-state index in [1.54, 1.807) is 0 Å². The van der Waals surface area contributed by atoms with Crippen LogP contribution in [0.5, 0.6) is 0 Å². The zero-order valence-electron chi connectivity index (χ0n) is 8.76. The van der Waals surface area contributed by atoms with Gasteiger partial charge in [0.05, 0.1) is 24.8 Å². The fourth-order valence-electron chi connectivity index (χ4n) is 1.24. The quantitative estimate of drug-likeness (QED) is 0.751. The van der Waals surface area contributed by atoms with Gasteiger partial charge in [-0.3, -0.25) is 9.78 Å². The number of aryl methyl sites for hydroxylation is 1. The standard InChI is InChI=1S/C10H10F3NO2/c1-5-9(11)8(10(12)13)6(4-14-5)3-7(15)16-2/h4,10H,3H2,1-2H3. The van der Waals surface area contributed by atoms with Crippen molar-refractivity contribution in [1.82, 2.24) is 4.98 Å². The van der Waals surface area contributed by atoms with Gasteiger partial charge >= 0.3 is 5.97 Å². The van der Waals surface area contributed by atoms with Crippen LogP contribution in [0.1, 0.15) is 23.2 Å². The van der Waals surface area contributed by atoms with Crippen LogP contribution in [-0.2, 0) is 16.0 Å². The number of esters is 1. The number of halogens is 3. The number of carbonyl (C=O) groups excluding carboxylic acids is 1. The summed E-state index contributed by atoms with van der Waals surface area (Å²) in [6.45, 7) is 1.28. The third kappa shape index (κ3) is 2.50. The van der Waals surface area contributed by atoms with Gasteiger partial charge in [-0.05, 0) is 12.5 Å². The number of hydrogen-bond donors (Lipinski definition) is 0. The highest BCUT2D eigenvalue weighted by atomic mass is 19.3. The lowest BCUT2D eigenvalue weighted by Crippen LogP contribution is -2.10. The summed E-state index contributed by atoms with van der Waals surface area (Å²) in [6.07, 6.45) is -2.33. The first kappa shape index (κ1) is 12.5. The van der Waals surface area contributed by atoms with Gasteiger partial charge in [0.15, 0.2) is 5.82 Å². The van der Waals surface area contributed by atoms with Crippen LogP contribution in [0.4, 0.5) is 13.2 Å². The second-order valence-corrected chi connectivity index (χ2v) is 3.15. The number of rotatable bonds is 3. The Bertz CT molecular complexity index is 407. The van der Waals surface area contributed by atoms with Crippen LogP contribution in [0, 0.1) is 12.7 Å². The van der Waals surface area contributed by atoms with Crippen molar-refractivity contribution >= 4 is 5.97 Å². The summed E-state index contributed by atoms with van der Waals surface area (Å²) >= 11 is 0. The molecule has 1 aromatic heterocycles. The zero-order valence-corrected chi connectivity index (χ0v) is 8.76. The fraction of sp³-hybridized carbons (Fsp3) is 0.400. The van der Waals surface area contributed by atoms with Crippen molar-refractivity contribution in [2.45, 2.75) is 19.8 Å². The molecule has 16 heavy (non-hydrogen) atoms. The summed E-state index contributed by atoms with van der Waals surface area (Å²) in [5.41, 5.74) is -1.05. The third-order valence-electron chi connectivity index (χ3n) is 2.09. The molecule has 0 spiro atoms. The van der Waals surface area contributed by atoms with Gasteiger partial charge in [-0.15, -0.1) is 0 Å². The van der Waals surface area contributed by atoms with Crippen molar-refractivity contribution in [3.63, 3.8) is 0 Å². The van der Waals surface area contributed by atoms with Gasteiger partial charge in [-0.25, -0.2) is 13.2 Å². The number of nitrogens with zero attached hydrogens (tertiary/aromatic N) is 1. The second kappa shape index (κ2) is 4.96. The average molecular weight is 233 g/mol. The van der Waals surface area contributed by atoms with Gasteiger partial charge in [-0.2, -0.15) is 0 Å². The molecule has 6 heteroatoms. The minimum atomic E-state index is -2.98. The normalized spacial score (nSPS) is 10.6. The minimum Gasteiger partial charge on any atom is -0.469 e. The molecule has 0 saturated carbocycles. The Morgan fingerprint density at radius 3 is 2.69 bits per heavy atom. The molecule has 0 aliphatic carbocycles. The number of pyridine rings is 1. The molecule has 0 aliphatic rings. The summed E-state index contributed by atoms with van der Waals surface area (Å²) in [5, 5.41) is 0. The molecule has 1 rings (SSSR count). The van der Waals surface area contributed by atoms with Crippen molar-refractivity contribution in [2.75, 3.05) is 7.11 Å². The molecule has 88 valence electrons. The highest BCUT2D eigenvalue weighted by Gasteiger charge is 2.22. The summed E-state index contributed by atoms with van der Waals surface area (Å²) in [4.78, 5) is 14.5. The van der Waals surface area contributed by atoms with E-state index in [-0.39, 0.29) is 11.3 Å². The van der Waals surface area contributed by atoms with Crippen molar-refractivity contribution in [3.05, 3.63) is 28.8 Å². The van der Waals surface area contributed by atoms with Crippen LogP contribution < -0.4 is 0 Å². The maximum atomic E-state index is 13.4. The van der Waals surface area contributed by atoms with Gasteiger partial charge < -0.3 is 4.74 Å². The molecule has 0 N–H and O–H groups in total. The Kier molecular flexibility index (Phi) is 3.87. The van der Waals surface area contributed by atoms with Crippen molar-refractivity contribution in [3.8, 4) is 0 Å². The summed E-state index contributed by atoms with van der Waals surface area (Å²) in [7, 11) is 1.13. The molecular formula is C10H10F3NO2. The number of hydrogen-bond acceptors (Lipinski definition) is 3. The second-order valence-electron chi connectivity index (χ2n) is 3.15. The van der Waals surface area contributed by atoms with Crippen LogP contribution in [0.15, 0.2) is 6.20 Å². The molecule has 1 aromatic rings. The molecular weight excluding hydrogens is 223 g/mol. The first-order chi connectivity index (χ1) is 7.47. The number of ether oxygens (including phenoxy) is 1. The molecule has 0 atom stereocenters. The van der Waals surface area contributed by atoms with Crippen molar-refractivity contribution < 1.29 is 22.7 Å². The number of methoxy groups -OCH3 is 1. The van der Waals surface area contributed by atoms with Gasteiger partial charge in [0.2, 0.25) is 0 Å². The van der Waals surface area contributed by atoms with Crippen LogP contribution in [-0.4, -0.2) is 18.1 Å². The van der Waals surface area contributed by atoms with Crippen molar-refractivity contribution in [2.24, 2.45) is 0 Å². The number of alkyl halides is 2. The SMILES string of the molecule is COC(=O)Cc1cnc(C)c(F)c1C(F)F. The van der Waals surface area contributed by atoms with E-state index in [0.717, 1.165) is 13.3 Å². The van der Waals surface area contributed by atoms with E-state index in [4.69, 9.17) is 0 Å². The molecule has 0 radical (unpaired) electrons. The van der Waals surface area contributed by atoms with E-state index >= 15 is 0 Å². The van der Waals surface area contributed by atoms with Gasteiger partial charge in [0.25, 0.3) is 6.43 Å². The van der Waals surface area contributed by atoms with E-state index in [1.165, 1.54) is 6.92 Å². The van der Waals surface area contributed by atoms with Gasteiger partial charge in [0, 0.05) is 6.20 Å². The smallest absolute Gasteiger partial charge is 0.310 e. The third-order valence-corrected chi connectivity index (χ3v) is 2.09. The molecule has 0 amide bonds. The highest BCUT2D eigenvalue weighted by Crippen LogP contribution is 2.27. The van der Waals surface area contributed by atoms with E-state index in [1.807, 2.05) is 0 Å². The highest BCUT2D eigenvalue weighted by molar-refractivity contribution is 5.72. The predicted octanol–water partition coefficient (Wildman–Crippen LogP) is 2.18. The number of carbonyl (C=O) groups is 1. The van der Waals surface area contributed by atoms with Crippen LogP contribution in [0.3, 0.4) is 0 Å². The van der Waals surface area contributed by atoms with Crippen LogP contribution in [0.25, 0.3) is 0 Å². The topological polar surface area (TPSA) is 39.2 Å². The molecule has 0 unspecified atom stereocenters.